The first kappa shape index (κ1) is 21.0. The molecule has 1 nitrogen and oxygen atoms in total. The number of benzene rings is 4. The Labute approximate surface area is 207 Å². The molecule has 0 saturated heterocycles. The van der Waals surface area contributed by atoms with E-state index in [-0.39, 0.29) is 0 Å². The molecule has 0 aliphatic heterocycles. The van der Waals surface area contributed by atoms with Crippen LogP contribution in [0.4, 0.5) is 0 Å². The highest BCUT2D eigenvalue weighted by Crippen LogP contribution is 2.40. The first-order valence-electron chi connectivity index (χ1n) is 11.3. The molecule has 0 bridgehead atoms. The van der Waals surface area contributed by atoms with Crippen LogP contribution < -0.4 is 0 Å². The summed E-state index contributed by atoms with van der Waals surface area (Å²) < 4.78 is 4.76. The molecule has 0 radical (unpaired) electrons. The fourth-order valence-electron chi connectivity index (χ4n) is 4.82. The third-order valence-electron chi connectivity index (χ3n) is 6.39. The van der Waals surface area contributed by atoms with E-state index in [1.54, 1.807) is 17.4 Å². The highest BCUT2D eigenvalue weighted by Gasteiger charge is 2.14. The van der Waals surface area contributed by atoms with E-state index < -0.39 is 0 Å². The summed E-state index contributed by atoms with van der Waals surface area (Å²) in [5, 5.41) is 5.81. The van der Waals surface area contributed by atoms with Gasteiger partial charge in [0, 0.05) is 31.9 Å². The summed E-state index contributed by atoms with van der Waals surface area (Å²) in [6.45, 7) is 5.93. The summed E-state index contributed by atoms with van der Waals surface area (Å²) >= 11 is 8.23. The molecule has 0 atom stereocenters. The zero-order valence-electron chi connectivity index (χ0n) is 18.8. The zero-order chi connectivity index (χ0) is 23.2. The van der Waals surface area contributed by atoms with Crippen LogP contribution in [0.2, 0.25) is 5.02 Å². The lowest BCUT2D eigenvalue weighted by atomic mass is 10.0. The fraction of sp³-hybridized carbons (Fsp3) is 0.0323. The Kier molecular flexibility index (Phi) is 5.13. The van der Waals surface area contributed by atoms with Crippen LogP contribution in [0.25, 0.3) is 58.8 Å². The van der Waals surface area contributed by atoms with Gasteiger partial charge in [0.2, 0.25) is 0 Å². The van der Waals surface area contributed by atoms with Crippen molar-refractivity contribution in [2.45, 2.75) is 6.92 Å². The van der Waals surface area contributed by atoms with E-state index in [2.05, 4.69) is 90.9 Å². The Morgan fingerprint density at radius 2 is 1.56 bits per heavy atom. The van der Waals surface area contributed by atoms with Gasteiger partial charge >= 0.3 is 0 Å². The van der Waals surface area contributed by atoms with Crippen LogP contribution in [0.5, 0.6) is 0 Å². The second kappa shape index (κ2) is 8.32. The van der Waals surface area contributed by atoms with Crippen molar-refractivity contribution in [2.24, 2.45) is 0 Å². The van der Waals surface area contributed by atoms with Gasteiger partial charge in [-0.05, 0) is 54.5 Å². The molecule has 3 heteroatoms. The van der Waals surface area contributed by atoms with E-state index >= 15 is 0 Å². The van der Waals surface area contributed by atoms with E-state index in [9.17, 15) is 0 Å². The molecule has 6 rings (SSSR count). The van der Waals surface area contributed by atoms with Gasteiger partial charge in [-0.25, -0.2) is 0 Å². The van der Waals surface area contributed by atoms with Crippen molar-refractivity contribution in [3.63, 3.8) is 0 Å². The van der Waals surface area contributed by atoms with Gasteiger partial charge in [0.05, 0.1) is 20.8 Å². The molecule has 0 aliphatic carbocycles. The second-order valence-corrected chi connectivity index (χ2v) is 9.90. The van der Waals surface area contributed by atoms with Crippen LogP contribution in [-0.4, -0.2) is 4.57 Å². The van der Waals surface area contributed by atoms with Crippen molar-refractivity contribution >= 4 is 70.6 Å². The normalized spacial score (nSPS) is 12.6. The van der Waals surface area contributed by atoms with Crippen LogP contribution in [0.3, 0.4) is 0 Å². The van der Waals surface area contributed by atoms with Crippen LogP contribution in [0.15, 0.2) is 110 Å². The van der Waals surface area contributed by atoms with Gasteiger partial charge in [0.15, 0.2) is 0 Å². The maximum absolute atomic E-state index is 6.47. The van der Waals surface area contributed by atoms with Crippen molar-refractivity contribution in [1.82, 2.24) is 4.57 Å². The van der Waals surface area contributed by atoms with Gasteiger partial charge in [0.25, 0.3) is 0 Å². The van der Waals surface area contributed by atoms with E-state index in [4.69, 9.17) is 11.6 Å². The molecule has 0 unspecified atom stereocenters. The Hall–Kier alpha value is -3.59. The van der Waals surface area contributed by atoms with Crippen LogP contribution in [0, 0.1) is 0 Å². The maximum atomic E-state index is 6.47. The molecule has 0 amide bonds. The number of nitrogens with zero attached hydrogens (tertiary/aromatic N) is 1. The molecule has 2 heterocycles. The zero-order valence-corrected chi connectivity index (χ0v) is 20.3. The quantitative estimate of drug-likeness (QED) is 0.223. The first-order valence-corrected chi connectivity index (χ1v) is 12.5. The molecule has 0 fully saturated rings. The van der Waals surface area contributed by atoms with E-state index in [1.165, 1.54) is 48.4 Å². The molecule has 34 heavy (non-hydrogen) atoms. The predicted octanol–water partition coefficient (Wildman–Crippen LogP) is 10.1. The number of fused-ring (bicyclic) bond motifs is 6. The Morgan fingerprint density at radius 3 is 2.44 bits per heavy atom. The summed E-state index contributed by atoms with van der Waals surface area (Å²) in [6, 6.07) is 28.3. The maximum Gasteiger partial charge on any atom is 0.0584 e. The van der Waals surface area contributed by atoms with Crippen LogP contribution >= 0.6 is 22.9 Å². The van der Waals surface area contributed by atoms with Crippen molar-refractivity contribution in [3.8, 4) is 11.1 Å². The Bertz CT molecular complexity index is 1800. The van der Waals surface area contributed by atoms with Gasteiger partial charge in [-0.3, -0.25) is 0 Å². The molecule has 0 aliphatic rings. The Balaban J connectivity index is 1.59. The number of para-hydroxylation sites is 1. The number of hydrogen-bond donors (Lipinski definition) is 0. The van der Waals surface area contributed by atoms with Crippen LogP contribution in [-0.2, 0) is 0 Å². The third-order valence-corrected chi connectivity index (χ3v) is 8.04. The SMILES string of the molecule is C=C/C=C\C=C(/C)n1c2ccccc2c2ccc(-c3ccc4sc5c(Cl)cccc5c4c3)cc21. The van der Waals surface area contributed by atoms with Crippen molar-refractivity contribution in [3.05, 3.63) is 115 Å². The molecule has 0 spiro atoms. The van der Waals surface area contributed by atoms with E-state index in [0.29, 0.717) is 0 Å². The smallest absolute Gasteiger partial charge is 0.0584 e. The lowest BCUT2D eigenvalue weighted by molar-refractivity contribution is 1.20. The minimum atomic E-state index is 0.818. The number of aromatic nitrogens is 1. The van der Waals surface area contributed by atoms with Crippen molar-refractivity contribution in [1.29, 1.82) is 0 Å². The minimum absolute atomic E-state index is 0.818. The van der Waals surface area contributed by atoms with Crippen molar-refractivity contribution < 1.29 is 0 Å². The molecule has 164 valence electrons. The van der Waals surface area contributed by atoms with E-state index in [1.807, 2.05) is 24.3 Å². The molecule has 4 aromatic carbocycles. The minimum Gasteiger partial charge on any atom is -0.313 e. The summed E-state index contributed by atoms with van der Waals surface area (Å²) in [7, 11) is 0. The lowest BCUT2D eigenvalue weighted by Gasteiger charge is -2.09. The van der Waals surface area contributed by atoms with Gasteiger partial charge in [-0.15, -0.1) is 11.3 Å². The number of allylic oxidation sites excluding steroid dienone is 5. The highest BCUT2D eigenvalue weighted by atomic mass is 35.5. The molecular formula is C31H22ClNS. The van der Waals surface area contributed by atoms with Crippen molar-refractivity contribution in [2.75, 3.05) is 0 Å². The summed E-state index contributed by atoms with van der Waals surface area (Å²) in [5.74, 6) is 0. The summed E-state index contributed by atoms with van der Waals surface area (Å²) in [4.78, 5) is 0. The lowest BCUT2D eigenvalue weighted by Crippen LogP contribution is -1.93. The summed E-state index contributed by atoms with van der Waals surface area (Å²) in [6.07, 6.45) is 7.92. The predicted molar refractivity (Wildman–Crippen MR) is 152 cm³/mol. The first-order chi connectivity index (χ1) is 16.7. The summed E-state index contributed by atoms with van der Waals surface area (Å²) in [5.41, 5.74) is 5.99. The van der Waals surface area contributed by atoms with Crippen LogP contribution in [0.1, 0.15) is 6.92 Å². The average molecular weight is 476 g/mol. The van der Waals surface area contributed by atoms with Gasteiger partial charge < -0.3 is 4.57 Å². The molecule has 6 aromatic rings. The standard InChI is InChI=1S/C31H22ClNS/c1-3-4-5-9-20(2)33-28-13-7-6-10-23(28)24-16-14-22(19-29(24)33)21-15-17-30-26(18-21)25-11-8-12-27(32)31(25)34-30/h3-19H,1H2,2H3/b5-4-,20-9+. The number of halogens is 1. The van der Waals surface area contributed by atoms with Gasteiger partial charge in [0.1, 0.15) is 0 Å². The molecule has 2 aromatic heterocycles. The largest absolute Gasteiger partial charge is 0.313 e. The number of hydrogen-bond acceptors (Lipinski definition) is 1. The molecule has 0 N–H and O–H groups in total. The Morgan fingerprint density at radius 1 is 0.794 bits per heavy atom. The molecular weight excluding hydrogens is 454 g/mol. The average Bonchev–Trinajstić information content (AvgIpc) is 3.40. The molecule has 0 saturated carbocycles. The monoisotopic (exact) mass is 475 g/mol. The van der Waals surface area contributed by atoms with E-state index in [0.717, 1.165) is 15.4 Å². The van der Waals surface area contributed by atoms with Gasteiger partial charge in [-0.2, -0.15) is 0 Å². The number of rotatable bonds is 4. The highest BCUT2D eigenvalue weighted by molar-refractivity contribution is 7.26. The second-order valence-electron chi connectivity index (χ2n) is 8.44. The fourth-order valence-corrected chi connectivity index (χ4v) is 6.20. The third kappa shape index (κ3) is 3.30. The van der Waals surface area contributed by atoms with Gasteiger partial charge in [-0.1, -0.05) is 84.9 Å². The number of thiophene rings is 1. The topological polar surface area (TPSA) is 4.93 Å².